The second-order valence-electron chi connectivity index (χ2n) is 4.26. The number of methoxy groups -OCH3 is 1. The average Bonchev–Trinajstić information content (AvgIpc) is 2.42. The summed E-state index contributed by atoms with van der Waals surface area (Å²) in [6.07, 6.45) is 0. The van der Waals surface area contributed by atoms with Crippen LogP contribution in [0.3, 0.4) is 0 Å². The quantitative estimate of drug-likeness (QED) is 0.807. The molecule has 20 heavy (non-hydrogen) atoms. The number of hydrogen-bond donors (Lipinski definition) is 1. The monoisotopic (exact) mass is 397 g/mol. The van der Waals surface area contributed by atoms with Crippen LogP contribution in [-0.2, 0) is 0 Å². The first kappa shape index (κ1) is 15.1. The number of carbonyl (C=O) groups excluding carboxylic acids is 1. The average molecular weight is 399 g/mol. The van der Waals surface area contributed by atoms with E-state index in [1.165, 1.54) is 0 Å². The number of nitrogens with one attached hydrogen (secondary N) is 1. The SMILES string of the molecule is COc1ccc(C(=O)Nc2cc(Br)ccc2C)cc1Br. The van der Waals surface area contributed by atoms with E-state index in [2.05, 4.69) is 37.2 Å². The number of aryl methyl sites for hydroxylation is 1. The molecule has 0 radical (unpaired) electrons. The Bertz CT molecular complexity index is 656. The van der Waals surface area contributed by atoms with E-state index in [0.29, 0.717) is 11.3 Å². The third kappa shape index (κ3) is 3.41. The van der Waals surface area contributed by atoms with Gasteiger partial charge in [-0.2, -0.15) is 0 Å². The largest absolute Gasteiger partial charge is 0.496 e. The summed E-state index contributed by atoms with van der Waals surface area (Å²) < 4.78 is 6.82. The van der Waals surface area contributed by atoms with Crippen molar-refractivity contribution in [3.8, 4) is 5.75 Å². The van der Waals surface area contributed by atoms with Gasteiger partial charge in [0.2, 0.25) is 0 Å². The molecule has 104 valence electrons. The zero-order chi connectivity index (χ0) is 14.7. The van der Waals surface area contributed by atoms with Crippen molar-refractivity contribution in [3.63, 3.8) is 0 Å². The predicted octanol–water partition coefficient (Wildman–Crippen LogP) is 4.78. The number of anilines is 1. The molecule has 2 aromatic rings. The standard InChI is InChI=1S/C15H13Br2NO2/c1-9-3-5-11(16)8-13(9)18-15(19)10-4-6-14(20-2)12(17)7-10/h3-8H,1-2H3,(H,18,19). The van der Waals surface area contributed by atoms with E-state index in [1.54, 1.807) is 25.3 Å². The fourth-order valence-electron chi connectivity index (χ4n) is 1.73. The molecule has 2 aromatic carbocycles. The van der Waals surface area contributed by atoms with E-state index >= 15 is 0 Å². The number of hydrogen-bond acceptors (Lipinski definition) is 2. The Morgan fingerprint density at radius 1 is 1.15 bits per heavy atom. The molecule has 0 saturated carbocycles. The molecule has 5 heteroatoms. The molecule has 0 aliphatic rings. The second kappa shape index (κ2) is 6.41. The van der Waals surface area contributed by atoms with Crippen LogP contribution in [0.2, 0.25) is 0 Å². The highest BCUT2D eigenvalue weighted by atomic mass is 79.9. The van der Waals surface area contributed by atoms with Crippen LogP contribution in [-0.4, -0.2) is 13.0 Å². The maximum atomic E-state index is 12.2. The van der Waals surface area contributed by atoms with Crippen molar-refractivity contribution in [3.05, 3.63) is 56.5 Å². The van der Waals surface area contributed by atoms with Gasteiger partial charge in [-0.15, -0.1) is 0 Å². The minimum atomic E-state index is -0.158. The number of benzene rings is 2. The Hall–Kier alpha value is -1.33. The Balaban J connectivity index is 2.24. The molecule has 0 aliphatic carbocycles. The van der Waals surface area contributed by atoms with Crippen molar-refractivity contribution < 1.29 is 9.53 Å². The summed E-state index contributed by atoms with van der Waals surface area (Å²) in [6, 6.07) is 11.0. The van der Waals surface area contributed by atoms with Gasteiger partial charge >= 0.3 is 0 Å². The molecule has 0 unspecified atom stereocenters. The van der Waals surface area contributed by atoms with Gasteiger partial charge in [-0.25, -0.2) is 0 Å². The highest BCUT2D eigenvalue weighted by Crippen LogP contribution is 2.26. The molecule has 3 nitrogen and oxygen atoms in total. The minimum Gasteiger partial charge on any atom is -0.496 e. The topological polar surface area (TPSA) is 38.3 Å². The van der Waals surface area contributed by atoms with Gasteiger partial charge in [0.1, 0.15) is 5.75 Å². The molecule has 1 N–H and O–H groups in total. The van der Waals surface area contributed by atoms with E-state index in [9.17, 15) is 4.79 Å². The van der Waals surface area contributed by atoms with Crippen molar-refractivity contribution in [2.75, 3.05) is 12.4 Å². The van der Waals surface area contributed by atoms with Crippen molar-refractivity contribution in [1.29, 1.82) is 0 Å². The van der Waals surface area contributed by atoms with Gasteiger partial charge < -0.3 is 10.1 Å². The van der Waals surface area contributed by atoms with E-state index < -0.39 is 0 Å². The molecule has 0 aliphatic heterocycles. The summed E-state index contributed by atoms with van der Waals surface area (Å²) in [4.78, 5) is 12.2. The number of amides is 1. The summed E-state index contributed by atoms with van der Waals surface area (Å²) in [7, 11) is 1.59. The summed E-state index contributed by atoms with van der Waals surface area (Å²) in [5.41, 5.74) is 2.36. The Labute approximate surface area is 134 Å². The normalized spacial score (nSPS) is 10.2. The number of halogens is 2. The highest BCUT2D eigenvalue weighted by molar-refractivity contribution is 9.10. The van der Waals surface area contributed by atoms with Gasteiger partial charge in [-0.1, -0.05) is 22.0 Å². The fourth-order valence-corrected chi connectivity index (χ4v) is 2.63. The van der Waals surface area contributed by atoms with Crippen LogP contribution in [0.5, 0.6) is 5.75 Å². The van der Waals surface area contributed by atoms with Crippen LogP contribution in [0, 0.1) is 6.92 Å². The minimum absolute atomic E-state index is 0.158. The van der Waals surface area contributed by atoms with E-state index in [1.807, 2.05) is 25.1 Å². The molecule has 1 amide bonds. The highest BCUT2D eigenvalue weighted by Gasteiger charge is 2.10. The molecule has 0 spiro atoms. The molecular weight excluding hydrogens is 386 g/mol. The maximum absolute atomic E-state index is 12.2. The van der Waals surface area contributed by atoms with Crippen LogP contribution in [0.25, 0.3) is 0 Å². The Morgan fingerprint density at radius 2 is 1.90 bits per heavy atom. The Morgan fingerprint density at radius 3 is 2.55 bits per heavy atom. The smallest absolute Gasteiger partial charge is 0.255 e. The number of ether oxygens (including phenoxy) is 1. The van der Waals surface area contributed by atoms with Crippen molar-refractivity contribution in [2.45, 2.75) is 6.92 Å². The van der Waals surface area contributed by atoms with Gasteiger partial charge in [0.05, 0.1) is 11.6 Å². The molecule has 2 rings (SSSR count). The van der Waals surface area contributed by atoms with E-state index in [0.717, 1.165) is 20.2 Å². The maximum Gasteiger partial charge on any atom is 0.255 e. The van der Waals surface area contributed by atoms with Gasteiger partial charge in [0, 0.05) is 15.7 Å². The van der Waals surface area contributed by atoms with E-state index in [-0.39, 0.29) is 5.91 Å². The molecule has 0 atom stereocenters. The van der Waals surface area contributed by atoms with Crippen molar-refractivity contribution in [2.24, 2.45) is 0 Å². The van der Waals surface area contributed by atoms with Crippen LogP contribution >= 0.6 is 31.9 Å². The summed E-state index contributed by atoms with van der Waals surface area (Å²) in [5, 5.41) is 2.90. The first-order chi connectivity index (χ1) is 9.51. The molecule has 0 heterocycles. The lowest BCUT2D eigenvalue weighted by molar-refractivity contribution is 0.102. The van der Waals surface area contributed by atoms with Gasteiger partial charge in [-0.3, -0.25) is 4.79 Å². The Kier molecular flexibility index (Phi) is 4.83. The lowest BCUT2D eigenvalue weighted by Gasteiger charge is -2.10. The van der Waals surface area contributed by atoms with E-state index in [4.69, 9.17) is 4.74 Å². The zero-order valence-electron chi connectivity index (χ0n) is 11.0. The van der Waals surface area contributed by atoms with Crippen molar-refractivity contribution in [1.82, 2.24) is 0 Å². The molecule has 0 fully saturated rings. The first-order valence-electron chi connectivity index (χ1n) is 5.92. The second-order valence-corrected chi connectivity index (χ2v) is 6.03. The van der Waals surface area contributed by atoms with Crippen molar-refractivity contribution >= 4 is 43.5 Å². The van der Waals surface area contributed by atoms with Crippen LogP contribution in [0.15, 0.2) is 45.3 Å². The van der Waals surface area contributed by atoms with Crippen LogP contribution in [0.4, 0.5) is 5.69 Å². The summed E-state index contributed by atoms with van der Waals surface area (Å²) >= 11 is 6.77. The molecule has 0 aromatic heterocycles. The third-order valence-electron chi connectivity index (χ3n) is 2.86. The molecule has 0 bridgehead atoms. The van der Waals surface area contributed by atoms with Gasteiger partial charge in [0.15, 0.2) is 0 Å². The lowest BCUT2D eigenvalue weighted by Crippen LogP contribution is -2.12. The molecule has 0 saturated heterocycles. The number of rotatable bonds is 3. The summed E-state index contributed by atoms with van der Waals surface area (Å²) in [5.74, 6) is 0.537. The summed E-state index contributed by atoms with van der Waals surface area (Å²) in [6.45, 7) is 1.95. The van der Waals surface area contributed by atoms with Crippen LogP contribution in [0.1, 0.15) is 15.9 Å². The zero-order valence-corrected chi connectivity index (χ0v) is 14.2. The van der Waals surface area contributed by atoms with Gasteiger partial charge in [-0.05, 0) is 58.7 Å². The lowest BCUT2D eigenvalue weighted by atomic mass is 10.1. The molecular formula is C15H13Br2NO2. The van der Waals surface area contributed by atoms with Gasteiger partial charge in [0.25, 0.3) is 5.91 Å². The third-order valence-corrected chi connectivity index (χ3v) is 3.97. The number of carbonyl (C=O) groups is 1. The first-order valence-corrected chi connectivity index (χ1v) is 7.51. The van der Waals surface area contributed by atoms with Crippen LogP contribution < -0.4 is 10.1 Å². The fraction of sp³-hybridized carbons (Fsp3) is 0.133. The predicted molar refractivity (Wildman–Crippen MR) is 87.5 cm³/mol.